The van der Waals surface area contributed by atoms with E-state index in [9.17, 15) is 24.3 Å². The molecule has 2 aliphatic heterocycles. The molecule has 11 heteroatoms. The summed E-state index contributed by atoms with van der Waals surface area (Å²) in [6, 6.07) is 10.5. The zero-order valence-electron chi connectivity index (χ0n) is 25.8. The number of ether oxygens (including phenoxy) is 2. The second kappa shape index (κ2) is 13.1. The van der Waals surface area contributed by atoms with Crippen molar-refractivity contribution < 1.29 is 33.8 Å². The van der Waals surface area contributed by atoms with Crippen molar-refractivity contribution in [1.82, 2.24) is 15.5 Å². The van der Waals surface area contributed by atoms with Gasteiger partial charge in [0.25, 0.3) is 0 Å². The van der Waals surface area contributed by atoms with Crippen molar-refractivity contribution in [2.75, 3.05) is 0 Å². The fraction of sp³-hybridized carbons (Fsp3) is 0.471. The van der Waals surface area contributed by atoms with Crippen LogP contribution < -0.4 is 15.4 Å². The van der Waals surface area contributed by atoms with E-state index < -0.39 is 47.1 Å². The number of carboxylic acid groups (broad SMARTS) is 1. The Hall–Kier alpha value is -4.05. The Kier molecular flexibility index (Phi) is 9.44. The fourth-order valence-corrected chi connectivity index (χ4v) is 6.16. The highest BCUT2D eigenvalue weighted by Gasteiger charge is 2.61. The normalized spacial score (nSPS) is 25.3. The van der Waals surface area contributed by atoms with Crippen LogP contribution in [-0.4, -0.2) is 57.1 Å². The van der Waals surface area contributed by atoms with E-state index in [1.165, 1.54) is 4.90 Å². The van der Waals surface area contributed by atoms with Gasteiger partial charge in [-0.3, -0.25) is 9.59 Å². The van der Waals surface area contributed by atoms with Crippen LogP contribution in [0.1, 0.15) is 70.4 Å². The molecular weight excluding hydrogens is 598 g/mol. The predicted octanol–water partition coefficient (Wildman–Crippen LogP) is 5.76. The number of hydrogen-bond donors (Lipinski definition) is 3. The number of aliphatic carboxylic acids is 1. The number of amides is 3. The lowest BCUT2D eigenvalue weighted by Crippen LogP contribution is -2.60. The molecule has 1 aliphatic carbocycles. The maximum atomic E-state index is 14.2. The van der Waals surface area contributed by atoms with Gasteiger partial charge in [-0.25, -0.2) is 9.59 Å². The van der Waals surface area contributed by atoms with Crippen LogP contribution in [0.4, 0.5) is 4.79 Å². The molecule has 4 atom stereocenters. The molecule has 45 heavy (non-hydrogen) atoms. The number of rotatable bonds is 4. The van der Waals surface area contributed by atoms with Crippen molar-refractivity contribution >= 4 is 35.5 Å². The molecule has 0 bridgehead atoms. The zero-order valence-corrected chi connectivity index (χ0v) is 26.6. The number of carbonyl (C=O) groups is 4. The highest BCUT2D eigenvalue weighted by molar-refractivity contribution is 6.30. The molecule has 10 nitrogen and oxygen atoms in total. The monoisotopic (exact) mass is 637 g/mol. The molecule has 240 valence electrons. The zero-order chi connectivity index (χ0) is 32.4. The van der Waals surface area contributed by atoms with Crippen molar-refractivity contribution in [1.29, 1.82) is 0 Å². The molecule has 1 saturated carbocycles. The van der Waals surface area contributed by atoms with Crippen LogP contribution >= 0.6 is 11.6 Å². The Balaban J connectivity index is 1.47. The average Bonchev–Trinajstić information content (AvgIpc) is 3.67. The first-order valence-electron chi connectivity index (χ1n) is 15.4. The lowest BCUT2D eigenvalue weighted by atomic mass is 9.91. The minimum Gasteiger partial charge on any atom is -0.479 e. The molecular formula is C34H40ClN3O7. The van der Waals surface area contributed by atoms with Crippen molar-refractivity contribution in [2.45, 2.75) is 95.5 Å². The maximum Gasteiger partial charge on any atom is 0.408 e. The third kappa shape index (κ3) is 7.79. The van der Waals surface area contributed by atoms with E-state index in [4.69, 9.17) is 21.1 Å². The molecule has 3 amide bonds. The standard InChI is InChI=1S/C34H40ClN3O7/c1-33(2,3)45-32(43)36-27-13-8-6-4-5-7-10-23-19-34(23,31(41)42)37-29(39)28-17-22-16-26(44-25-12-9-11-24(35)18-25)15-14-21(22)20-38(28)30(27)40/h7,9-12,14-16,18,23,27-28H,4-6,8,13,17,19-20H2,1-3H3,(H,36,43)(H,37,39)(H,41,42)/t23-,27+,28?,34-/m1/s1. The summed E-state index contributed by atoms with van der Waals surface area (Å²) in [4.78, 5) is 54.9. The summed E-state index contributed by atoms with van der Waals surface area (Å²) in [7, 11) is 0. The van der Waals surface area contributed by atoms with Crippen molar-refractivity contribution in [2.24, 2.45) is 5.92 Å². The molecule has 5 rings (SSSR count). The summed E-state index contributed by atoms with van der Waals surface area (Å²) in [5.41, 5.74) is -0.568. The van der Waals surface area contributed by atoms with Crippen LogP contribution in [0.3, 0.4) is 0 Å². The summed E-state index contributed by atoms with van der Waals surface area (Å²) < 4.78 is 11.5. The number of allylic oxidation sites excluding steroid dienone is 1. The Labute approximate surface area is 268 Å². The van der Waals surface area contributed by atoms with E-state index in [1.807, 2.05) is 24.3 Å². The summed E-state index contributed by atoms with van der Waals surface area (Å²) in [6.07, 6.45) is 7.00. The lowest BCUT2D eigenvalue weighted by molar-refractivity contribution is -0.147. The number of nitrogens with one attached hydrogen (secondary N) is 2. The fourth-order valence-electron chi connectivity index (χ4n) is 5.98. The number of alkyl carbamates (subject to hydrolysis) is 1. The van der Waals surface area contributed by atoms with E-state index in [1.54, 1.807) is 51.1 Å². The molecule has 2 heterocycles. The number of carboxylic acids is 1. The topological polar surface area (TPSA) is 134 Å². The molecule has 2 aromatic carbocycles. The molecule has 1 fully saturated rings. The van der Waals surface area contributed by atoms with Gasteiger partial charge in [0.2, 0.25) is 11.8 Å². The summed E-state index contributed by atoms with van der Waals surface area (Å²) in [6.45, 7) is 5.33. The van der Waals surface area contributed by atoms with Crippen molar-refractivity contribution in [3.8, 4) is 11.5 Å². The third-order valence-corrected chi connectivity index (χ3v) is 8.62. The predicted molar refractivity (Wildman–Crippen MR) is 168 cm³/mol. The molecule has 3 aliphatic rings. The maximum absolute atomic E-state index is 14.2. The molecule has 0 aromatic heterocycles. The van der Waals surface area contributed by atoms with Gasteiger partial charge >= 0.3 is 12.1 Å². The first-order chi connectivity index (χ1) is 21.3. The van der Waals surface area contributed by atoms with Gasteiger partial charge in [-0.05, 0) is 87.9 Å². The van der Waals surface area contributed by atoms with E-state index >= 15 is 0 Å². The van der Waals surface area contributed by atoms with Gasteiger partial charge < -0.3 is 30.1 Å². The number of halogens is 1. The highest BCUT2D eigenvalue weighted by Crippen LogP contribution is 2.45. The molecule has 0 radical (unpaired) electrons. The van der Waals surface area contributed by atoms with Gasteiger partial charge in [0.15, 0.2) is 0 Å². The quantitative estimate of drug-likeness (QED) is 0.363. The third-order valence-electron chi connectivity index (χ3n) is 8.39. The number of carbonyl (C=O) groups excluding carboxylic acids is 3. The second-order valence-corrected chi connectivity index (χ2v) is 13.5. The number of fused-ring (bicyclic) bond motifs is 3. The van der Waals surface area contributed by atoms with Crippen LogP contribution in [0.25, 0.3) is 0 Å². The number of benzene rings is 2. The van der Waals surface area contributed by atoms with Crippen LogP contribution in [-0.2, 0) is 32.1 Å². The number of hydrogen-bond acceptors (Lipinski definition) is 6. The summed E-state index contributed by atoms with van der Waals surface area (Å²) in [5.74, 6) is -1.33. The van der Waals surface area contributed by atoms with E-state index in [0.717, 1.165) is 30.4 Å². The van der Waals surface area contributed by atoms with Gasteiger partial charge in [0.1, 0.15) is 34.7 Å². The van der Waals surface area contributed by atoms with E-state index in [2.05, 4.69) is 10.6 Å². The van der Waals surface area contributed by atoms with Crippen LogP contribution in [0.15, 0.2) is 54.6 Å². The smallest absolute Gasteiger partial charge is 0.408 e. The van der Waals surface area contributed by atoms with Gasteiger partial charge in [0, 0.05) is 23.9 Å². The Morgan fingerprint density at radius 1 is 1.07 bits per heavy atom. The van der Waals surface area contributed by atoms with E-state index in [0.29, 0.717) is 29.4 Å². The van der Waals surface area contributed by atoms with Crippen LogP contribution in [0, 0.1) is 5.92 Å². The molecule has 0 saturated heterocycles. The van der Waals surface area contributed by atoms with Crippen molar-refractivity contribution in [3.63, 3.8) is 0 Å². The average molecular weight is 638 g/mol. The first-order valence-corrected chi connectivity index (χ1v) is 15.8. The highest BCUT2D eigenvalue weighted by atomic mass is 35.5. The second-order valence-electron chi connectivity index (χ2n) is 13.0. The Morgan fingerprint density at radius 3 is 2.58 bits per heavy atom. The van der Waals surface area contributed by atoms with Crippen LogP contribution in [0.2, 0.25) is 5.02 Å². The minimum atomic E-state index is -1.42. The number of nitrogens with zero attached hydrogens (tertiary/aromatic N) is 1. The molecule has 2 aromatic rings. The van der Waals surface area contributed by atoms with Gasteiger partial charge in [0.05, 0.1) is 0 Å². The SMILES string of the molecule is CC(C)(C)OC(=O)N[C@H]1CCCCCC=C[C@@H]2C[C@@]2(C(=O)O)NC(=O)C2Cc3cc(Oc4cccc(Cl)c4)ccc3CN2C1=O. The van der Waals surface area contributed by atoms with Gasteiger partial charge in [-0.15, -0.1) is 0 Å². The Bertz CT molecular complexity index is 1500. The molecule has 0 spiro atoms. The summed E-state index contributed by atoms with van der Waals surface area (Å²) >= 11 is 6.12. The largest absolute Gasteiger partial charge is 0.479 e. The Morgan fingerprint density at radius 2 is 1.84 bits per heavy atom. The van der Waals surface area contributed by atoms with Crippen LogP contribution in [0.5, 0.6) is 11.5 Å². The van der Waals surface area contributed by atoms with Gasteiger partial charge in [-0.1, -0.05) is 48.7 Å². The van der Waals surface area contributed by atoms with Crippen molar-refractivity contribution in [3.05, 3.63) is 70.8 Å². The lowest BCUT2D eigenvalue weighted by Gasteiger charge is -2.38. The minimum absolute atomic E-state index is 0.0968. The van der Waals surface area contributed by atoms with Gasteiger partial charge in [-0.2, -0.15) is 0 Å². The first kappa shape index (κ1) is 32.3. The summed E-state index contributed by atoms with van der Waals surface area (Å²) in [5, 5.41) is 16.2. The molecule has 1 unspecified atom stereocenters. The molecule has 3 N–H and O–H groups in total. The van der Waals surface area contributed by atoms with E-state index in [-0.39, 0.29) is 25.3 Å².